The van der Waals surface area contributed by atoms with Gasteiger partial charge in [-0.1, -0.05) is 67.6 Å². The molecule has 2 heteroatoms. The van der Waals surface area contributed by atoms with Crippen molar-refractivity contribution in [2.24, 2.45) is 0 Å². The Hall–Kier alpha value is -2.61. The highest BCUT2D eigenvalue weighted by Crippen LogP contribution is 2.25. The molecule has 0 N–H and O–H groups in total. The number of hydrogen-bond acceptors (Lipinski definition) is 2. The molecule has 3 rings (SSSR count). The molecule has 110 valence electrons. The summed E-state index contributed by atoms with van der Waals surface area (Å²) in [5.41, 5.74) is 0.996. The van der Waals surface area contributed by atoms with Crippen LogP contribution in [-0.2, 0) is 4.79 Å². The second kappa shape index (κ2) is 6.44. The lowest BCUT2D eigenvalue weighted by molar-refractivity contribution is -0.136. The minimum absolute atomic E-state index is 0.205. The largest absolute Gasteiger partial charge is 0.426 e. The number of carbonyl (C=O) groups is 1. The van der Waals surface area contributed by atoms with Crippen molar-refractivity contribution in [3.63, 3.8) is 0 Å². The standard InChI is InChI=1S/C20H18O2/c1-2-19(16-9-4-3-5-10-16)20(21)22-18-13-12-15-8-6-7-11-17(15)14-18/h3-14,19H,2H2,1H3. The predicted molar refractivity (Wildman–Crippen MR) is 89.1 cm³/mol. The monoisotopic (exact) mass is 290 g/mol. The van der Waals surface area contributed by atoms with E-state index in [1.54, 1.807) is 0 Å². The molecule has 2 nitrogen and oxygen atoms in total. The second-order valence-electron chi connectivity index (χ2n) is 5.30. The predicted octanol–water partition coefficient (Wildman–Crippen LogP) is 4.94. The van der Waals surface area contributed by atoms with Gasteiger partial charge in [0, 0.05) is 0 Å². The molecule has 0 saturated heterocycles. The lowest BCUT2D eigenvalue weighted by atomic mass is 9.97. The maximum absolute atomic E-state index is 12.5. The Labute approximate surface area is 130 Å². The first-order valence-corrected chi connectivity index (χ1v) is 7.53. The molecule has 0 radical (unpaired) electrons. The average Bonchev–Trinajstić information content (AvgIpc) is 2.56. The molecule has 0 heterocycles. The molecule has 1 atom stereocenters. The van der Waals surface area contributed by atoms with Gasteiger partial charge in [0.05, 0.1) is 5.92 Å². The third kappa shape index (κ3) is 3.01. The van der Waals surface area contributed by atoms with Crippen LogP contribution in [0.5, 0.6) is 5.75 Å². The van der Waals surface area contributed by atoms with Crippen LogP contribution in [0.2, 0.25) is 0 Å². The number of ether oxygens (including phenoxy) is 1. The highest BCUT2D eigenvalue weighted by molar-refractivity contribution is 5.85. The molecule has 0 amide bonds. The molecule has 1 unspecified atom stereocenters. The molecule has 0 aliphatic rings. The first kappa shape index (κ1) is 14.3. The van der Waals surface area contributed by atoms with Gasteiger partial charge in [-0.05, 0) is 34.9 Å². The molecular weight excluding hydrogens is 272 g/mol. The fraction of sp³-hybridized carbons (Fsp3) is 0.150. The van der Waals surface area contributed by atoms with E-state index in [4.69, 9.17) is 4.74 Å². The molecule has 0 aromatic heterocycles. The van der Waals surface area contributed by atoms with Gasteiger partial charge in [-0.15, -0.1) is 0 Å². The molecule has 0 fully saturated rings. The van der Waals surface area contributed by atoms with E-state index in [2.05, 4.69) is 0 Å². The van der Waals surface area contributed by atoms with Gasteiger partial charge in [0.2, 0.25) is 0 Å². The lowest BCUT2D eigenvalue weighted by Crippen LogP contribution is -2.18. The van der Waals surface area contributed by atoms with Crippen LogP contribution in [0.1, 0.15) is 24.8 Å². The number of benzene rings is 3. The van der Waals surface area contributed by atoms with Crippen LogP contribution in [0, 0.1) is 0 Å². The quantitative estimate of drug-likeness (QED) is 0.502. The molecule has 0 aliphatic carbocycles. The van der Waals surface area contributed by atoms with Gasteiger partial charge in [0.1, 0.15) is 5.75 Å². The molecule has 22 heavy (non-hydrogen) atoms. The van der Waals surface area contributed by atoms with E-state index >= 15 is 0 Å². The number of fused-ring (bicyclic) bond motifs is 1. The zero-order valence-electron chi connectivity index (χ0n) is 12.5. The maximum atomic E-state index is 12.5. The second-order valence-corrected chi connectivity index (χ2v) is 5.30. The Morgan fingerprint density at radius 3 is 2.32 bits per heavy atom. The van der Waals surface area contributed by atoms with Crippen molar-refractivity contribution >= 4 is 16.7 Å². The van der Waals surface area contributed by atoms with Gasteiger partial charge in [0.15, 0.2) is 0 Å². The number of carbonyl (C=O) groups excluding carboxylic acids is 1. The van der Waals surface area contributed by atoms with E-state index in [9.17, 15) is 4.79 Å². The van der Waals surface area contributed by atoms with Crippen LogP contribution in [-0.4, -0.2) is 5.97 Å². The van der Waals surface area contributed by atoms with Crippen molar-refractivity contribution in [2.45, 2.75) is 19.3 Å². The Morgan fingerprint density at radius 1 is 0.909 bits per heavy atom. The van der Waals surface area contributed by atoms with Crippen LogP contribution in [0.4, 0.5) is 0 Å². The Balaban J connectivity index is 1.82. The summed E-state index contributed by atoms with van der Waals surface area (Å²) in [5.74, 6) is 0.162. The Morgan fingerprint density at radius 2 is 1.59 bits per heavy atom. The van der Waals surface area contributed by atoms with Gasteiger partial charge in [-0.2, -0.15) is 0 Å². The molecule has 0 bridgehead atoms. The normalized spacial score (nSPS) is 12.0. The van der Waals surface area contributed by atoms with Gasteiger partial charge >= 0.3 is 5.97 Å². The van der Waals surface area contributed by atoms with Crippen LogP contribution in [0.3, 0.4) is 0 Å². The minimum atomic E-state index is -0.229. The third-order valence-corrected chi connectivity index (χ3v) is 3.83. The molecule has 0 spiro atoms. The summed E-state index contributed by atoms with van der Waals surface area (Å²) >= 11 is 0. The summed E-state index contributed by atoms with van der Waals surface area (Å²) in [6, 6.07) is 23.5. The summed E-state index contributed by atoms with van der Waals surface area (Å²) < 4.78 is 5.59. The maximum Gasteiger partial charge on any atom is 0.318 e. The first-order chi connectivity index (χ1) is 10.8. The lowest BCUT2D eigenvalue weighted by Gasteiger charge is -2.14. The number of hydrogen-bond donors (Lipinski definition) is 0. The average molecular weight is 290 g/mol. The van der Waals surface area contributed by atoms with E-state index in [1.165, 1.54) is 0 Å². The number of rotatable bonds is 4. The van der Waals surface area contributed by atoms with E-state index < -0.39 is 0 Å². The van der Waals surface area contributed by atoms with Gasteiger partial charge in [0.25, 0.3) is 0 Å². The highest BCUT2D eigenvalue weighted by Gasteiger charge is 2.20. The smallest absolute Gasteiger partial charge is 0.318 e. The van der Waals surface area contributed by atoms with Gasteiger partial charge in [-0.25, -0.2) is 0 Å². The van der Waals surface area contributed by atoms with Crippen molar-refractivity contribution in [3.8, 4) is 5.75 Å². The van der Waals surface area contributed by atoms with Crippen LogP contribution in [0.15, 0.2) is 72.8 Å². The summed E-state index contributed by atoms with van der Waals surface area (Å²) in [6.45, 7) is 2.00. The molecular formula is C20H18O2. The van der Waals surface area contributed by atoms with Crippen molar-refractivity contribution in [3.05, 3.63) is 78.4 Å². The summed E-state index contributed by atoms with van der Waals surface area (Å²) in [5, 5.41) is 2.21. The summed E-state index contributed by atoms with van der Waals surface area (Å²) in [4.78, 5) is 12.5. The fourth-order valence-electron chi connectivity index (χ4n) is 2.64. The molecule has 3 aromatic rings. The van der Waals surface area contributed by atoms with E-state index in [1.807, 2.05) is 79.7 Å². The zero-order chi connectivity index (χ0) is 15.4. The molecule has 3 aromatic carbocycles. The van der Waals surface area contributed by atoms with E-state index in [-0.39, 0.29) is 11.9 Å². The number of esters is 1. The molecule has 0 aliphatic heterocycles. The van der Waals surface area contributed by atoms with Crippen LogP contribution < -0.4 is 4.74 Å². The fourth-order valence-corrected chi connectivity index (χ4v) is 2.64. The minimum Gasteiger partial charge on any atom is -0.426 e. The first-order valence-electron chi connectivity index (χ1n) is 7.53. The van der Waals surface area contributed by atoms with E-state index in [0.29, 0.717) is 5.75 Å². The Kier molecular flexibility index (Phi) is 4.19. The molecule has 0 saturated carbocycles. The van der Waals surface area contributed by atoms with Crippen molar-refractivity contribution in [1.82, 2.24) is 0 Å². The van der Waals surface area contributed by atoms with E-state index in [0.717, 1.165) is 22.8 Å². The van der Waals surface area contributed by atoms with Crippen molar-refractivity contribution in [2.75, 3.05) is 0 Å². The SMILES string of the molecule is CCC(C(=O)Oc1ccc2ccccc2c1)c1ccccc1. The van der Waals surface area contributed by atoms with Crippen molar-refractivity contribution in [1.29, 1.82) is 0 Å². The third-order valence-electron chi connectivity index (χ3n) is 3.83. The van der Waals surface area contributed by atoms with Crippen molar-refractivity contribution < 1.29 is 9.53 Å². The summed E-state index contributed by atoms with van der Waals surface area (Å²) in [7, 11) is 0. The van der Waals surface area contributed by atoms with Gasteiger partial charge < -0.3 is 4.74 Å². The highest BCUT2D eigenvalue weighted by atomic mass is 16.5. The summed E-state index contributed by atoms with van der Waals surface area (Å²) in [6.07, 6.45) is 0.719. The zero-order valence-corrected chi connectivity index (χ0v) is 12.5. The topological polar surface area (TPSA) is 26.3 Å². The Bertz CT molecular complexity index is 778. The van der Waals surface area contributed by atoms with Crippen LogP contribution >= 0.6 is 0 Å². The van der Waals surface area contributed by atoms with Crippen LogP contribution in [0.25, 0.3) is 10.8 Å². The van der Waals surface area contributed by atoms with Gasteiger partial charge in [-0.3, -0.25) is 4.79 Å².